The van der Waals surface area contributed by atoms with Gasteiger partial charge in [0.15, 0.2) is 0 Å². The van der Waals surface area contributed by atoms with E-state index in [4.69, 9.17) is 5.14 Å². The molecule has 0 fully saturated rings. The summed E-state index contributed by atoms with van der Waals surface area (Å²) in [5.41, 5.74) is 3.01. The molecule has 0 bridgehead atoms. The maximum absolute atomic E-state index is 13.2. The molecular formula is C22H30FNO2S. The molecule has 2 aromatic carbocycles. The fourth-order valence-corrected chi connectivity index (χ4v) is 3.01. The molecule has 0 aromatic heterocycles. The summed E-state index contributed by atoms with van der Waals surface area (Å²) in [6, 6.07) is 13.0. The zero-order valence-corrected chi connectivity index (χ0v) is 17.6. The lowest BCUT2D eigenvalue weighted by Gasteiger charge is -2.21. The van der Waals surface area contributed by atoms with Crippen molar-refractivity contribution in [2.45, 2.75) is 52.4 Å². The summed E-state index contributed by atoms with van der Waals surface area (Å²) >= 11 is 0. The van der Waals surface area contributed by atoms with Crippen LogP contribution in [-0.4, -0.2) is 8.42 Å². The van der Waals surface area contributed by atoms with Gasteiger partial charge in [0.1, 0.15) is 5.82 Å². The van der Waals surface area contributed by atoms with Gasteiger partial charge in [-0.3, -0.25) is 0 Å². The minimum atomic E-state index is -3.69. The first-order valence-electron chi connectivity index (χ1n) is 9.20. The van der Waals surface area contributed by atoms with Crippen molar-refractivity contribution in [3.05, 3.63) is 71.6 Å². The Bertz CT molecular complexity index is 852. The molecule has 5 heteroatoms. The summed E-state index contributed by atoms with van der Waals surface area (Å²) in [4.78, 5) is 0.0949. The predicted octanol–water partition coefficient (Wildman–Crippen LogP) is 5.56. The number of primary sulfonamides is 1. The van der Waals surface area contributed by atoms with Gasteiger partial charge in [0, 0.05) is 0 Å². The van der Waals surface area contributed by atoms with Crippen molar-refractivity contribution in [1.82, 2.24) is 0 Å². The van der Waals surface area contributed by atoms with Crippen LogP contribution in [0.15, 0.2) is 59.5 Å². The van der Waals surface area contributed by atoms with E-state index in [2.05, 4.69) is 26.8 Å². The molecule has 0 aliphatic rings. The topological polar surface area (TPSA) is 60.2 Å². The largest absolute Gasteiger partial charge is 0.238 e. The molecule has 0 saturated heterocycles. The molecule has 0 heterocycles. The fourth-order valence-electron chi connectivity index (χ4n) is 2.49. The lowest BCUT2D eigenvalue weighted by molar-refractivity contribution is 0.463. The molecule has 148 valence electrons. The molecule has 2 N–H and O–H groups in total. The molecule has 2 rings (SSSR count). The van der Waals surface area contributed by atoms with E-state index in [0.717, 1.165) is 23.1 Å². The summed E-state index contributed by atoms with van der Waals surface area (Å²) in [5.74, 6) is -0.268. The average molecular weight is 392 g/mol. The number of benzene rings is 2. The molecule has 2 aromatic rings. The van der Waals surface area contributed by atoms with Gasteiger partial charge >= 0.3 is 0 Å². The van der Waals surface area contributed by atoms with Crippen LogP contribution in [-0.2, 0) is 16.4 Å². The molecule has 3 nitrogen and oxygen atoms in total. The molecular weight excluding hydrogens is 361 g/mol. The average Bonchev–Trinajstić information content (AvgIpc) is 2.63. The second kappa shape index (κ2) is 9.81. The zero-order valence-electron chi connectivity index (χ0n) is 16.8. The fraction of sp³-hybridized carbons (Fsp3) is 0.364. The number of nitrogens with two attached hydrogens (primary N) is 1. The van der Waals surface area contributed by atoms with Crippen molar-refractivity contribution in [2.24, 2.45) is 10.6 Å². The van der Waals surface area contributed by atoms with Crippen molar-refractivity contribution in [3.63, 3.8) is 0 Å². The first kappa shape index (κ1) is 23.1. The standard InChI is InChI=1S/C20H24FNO2S.C2H6/c1-4-20(2,3)14-17(16-7-9-18(21)10-8-16)13-15-5-11-19(12-6-15)25(22,23)24;1-2/h5-12,14H,4,13H2,1-3H3,(H2,22,23,24);1-2H3/b17-14+;. The second-order valence-electron chi connectivity index (χ2n) is 6.88. The molecule has 0 atom stereocenters. The highest BCUT2D eigenvalue weighted by atomic mass is 32.2. The molecule has 27 heavy (non-hydrogen) atoms. The van der Waals surface area contributed by atoms with Crippen LogP contribution in [0.4, 0.5) is 4.39 Å². The van der Waals surface area contributed by atoms with Gasteiger partial charge in [0.05, 0.1) is 4.90 Å². The molecule has 0 amide bonds. The van der Waals surface area contributed by atoms with Crippen molar-refractivity contribution in [1.29, 1.82) is 0 Å². The van der Waals surface area contributed by atoms with Crippen LogP contribution >= 0.6 is 0 Å². The monoisotopic (exact) mass is 391 g/mol. The van der Waals surface area contributed by atoms with Gasteiger partial charge in [-0.05, 0) is 59.2 Å². The van der Waals surface area contributed by atoms with Gasteiger partial charge in [-0.1, -0.05) is 65.0 Å². The van der Waals surface area contributed by atoms with Gasteiger partial charge in [-0.25, -0.2) is 17.9 Å². The number of hydrogen-bond donors (Lipinski definition) is 1. The van der Waals surface area contributed by atoms with Crippen molar-refractivity contribution >= 4 is 15.6 Å². The van der Waals surface area contributed by atoms with Crippen LogP contribution in [0, 0.1) is 11.2 Å². The molecule has 0 aliphatic heterocycles. The Morgan fingerprint density at radius 1 is 1.04 bits per heavy atom. The van der Waals surface area contributed by atoms with Crippen LogP contribution < -0.4 is 5.14 Å². The molecule has 0 spiro atoms. The normalized spacial score (nSPS) is 12.3. The van der Waals surface area contributed by atoms with Crippen molar-refractivity contribution < 1.29 is 12.8 Å². The second-order valence-corrected chi connectivity index (χ2v) is 8.45. The quantitative estimate of drug-likeness (QED) is 0.700. The third-order valence-electron chi connectivity index (χ3n) is 4.34. The molecule has 0 radical (unpaired) electrons. The van der Waals surface area contributed by atoms with E-state index in [0.29, 0.717) is 6.42 Å². The minimum absolute atomic E-state index is 0.00422. The Labute approximate surface area is 163 Å². The number of hydrogen-bond acceptors (Lipinski definition) is 2. The minimum Gasteiger partial charge on any atom is -0.225 e. The summed E-state index contributed by atoms with van der Waals surface area (Å²) in [6.45, 7) is 10.4. The number of halogens is 1. The van der Waals surface area contributed by atoms with E-state index < -0.39 is 10.0 Å². The molecule has 0 unspecified atom stereocenters. The summed E-state index contributed by atoms with van der Waals surface area (Å²) in [7, 11) is -3.69. The Morgan fingerprint density at radius 3 is 2.00 bits per heavy atom. The van der Waals surface area contributed by atoms with Crippen molar-refractivity contribution in [2.75, 3.05) is 0 Å². The Balaban J connectivity index is 0.00000176. The lowest BCUT2D eigenvalue weighted by atomic mass is 9.84. The van der Waals surface area contributed by atoms with E-state index >= 15 is 0 Å². The van der Waals surface area contributed by atoms with Gasteiger partial charge in [0.25, 0.3) is 0 Å². The van der Waals surface area contributed by atoms with Gasteiger partial charge in [-0.15, -0.1) is 0 Å². The molecule has 0 saturated carbocycles. The Kier molecular flexibility index (Phi) is 8.38. The first-order valence-corrected chi connectivity index (χ1v) is 10.7. The van der Waals surface area contributed by atoms with Crippen LogP contribution in [0.1, 0.15) is 52.2 Å². The Morgan fingerprint density at radius 2 is 1.56 bits per heavy atom. The third kappa shape index (κ3) is 7.27. The smallest absolute Gasteiger partial charge is 0.225 e. The predicted molar refractivity (Wildman–Crippen MR) is 111 cm³/mol. The van der Waals surface area contributed by atoms with Crippen LogP contribution in [0.5, 0.6) is 0 Å². The summed E-state index contributed by atoms with van der Waals surface area (Å²) < 4.78 is 36.0. The SMILES string of the molecule is CC.CCC(C)(C)/C=C(\Cc1ccc(S(N)(=O)=O)cc1)c1ccc(F)cc1. The number of sulfonamides is 1. The van der Waals surface area contributed by atoms with Crippen LogP contribution in [0.2, 0.25) is 0 Å². The van der Waals surface area contributed by atoms with Crippen LogP contribution in [0.3, 0.4) is 0 Å². The highest BCUT2D eigenvalue weighted by Crippen LogP contribution is 2.30. The van der Waals surface area contributed by atoms with Gasteiger partial charge in [-0.2, -0.15) is 0 Å². The maximum atomic E-state index is 13.2. The van der Waals surface area contributed by atoms with E-state index in [1.165, 1.54) is 24.3 Å². The van der Waals surface area contributed by atoms with E-state index in [1.54, 1.807) is 24.3 Å². The lowest BCUT2D eigenvalue weighted by Crippen LogP contribution is -2.12. The number of allylic oxidation sites excluding steroid dienone is 2. The number of rotatable bonds is 6. The highest BCUT2D eigenvalue weighted by molar-refractivity contribution is 7.89. The zero-order chi connectivity index (χ0) is 20.7. The van der Waals surface area contributed by atoms with E-state index in [1.807, 2.05) is 13.8 Å². The van der Waals surface area contributed by atoms with Crippen LogP contribution in [0.25, 0.3) is 5.57 Å². The van der Waals surface area contributed by atoms with Crippen molar-refractivity contribution in [3.8, 4) is 0 Å². The maximum Gasteiger partial charge on any atom is 0.238 e. The summed E-state index contributed by atoms with van der Waals surface area (Å²) in [6.07, 6.45) is 3.80. The van der Waals surface area contributed by atoms with Gasteiger partial charge in [0.2, 0.25) is 10.0 Å². The van der Waals surface area contributed by atoms with Gasteiger partial charge < -0.3 is 0 Å². The highest BCUT2D eigenvalue weighted by Gasteiger charge is 2.15. The van der Waals surface area contributed by atoms with E-state index in [9.17, 15) is 12.8 Å². The Hall–Kier alpha value is -1.98. The van der Waals surface area contributed by atoms with E-state index in [-0.39, 0.29) is 16.1 Å². The third-order valence-corrected chi connectivity index (χ3v) is 5.27. The first-order chi connectivity index (χ1) is 12.6. The summed E-state index contributed by atoms with van der Waals surface area (Å²) in [5, 5.41) is 5.14. The molecule has 0 aliphatic carbocycles.